The van der Waals surface area contributed by atoms with Gasteiger partial charge in [-0.05, 0) is 6.07 Å². The number of rotatable bonds is 7. The molecule has 0 aliphatic carbocycles. The summed E-state index contributed by atoms with van der Waals surface area (Å²) >= 11 is 5.81. The largest absolute Gasteiger partial charge is 0.387 e. The number of aliphatic hydroxyl groups is 1. The summed E-state index contributed by atoms with van der Waals surface area (Å²) < 4.78 is 56.6. The van der Waals surface area contributed by atoms with Gasteiger partial charge in [0.15, 0.2) is 12.4 Å². The minimum absolute atomic E-state index is 0.0891. The van der Waals surface area contributed by atoms with E-state index in [0.29, 0.717) is 0 Å². The second kappa shape index (κ2) is 7.87. The summed E-state index contributed by atoms with van der Waals surface area (Å²) in [5, 5.41) is 10.3. The lowest BCUT2D eigenvalue weighted by Crippen LogP contribution is -2.46. The Kier molecular flexibility index (Phi) is 6.42. The van der Waals surface area contributed by atoms with Gasteiger partial charge >= 0.3 is 13.3 Å². The van der Waals surface area contributed by atoms with Crippen molar-refractivity contribution in [3.8, 4) is 0 Å². The van der Waals surface area contributed by atoms with Crippen LogP contribution in [0.5, 0.6) is 0 Å². The van der Waals surface area contributed by atoms with E-state index in [1.165, 1.54) is 6.07 Å². The molecular formula is C13H19ClF2N3O6P. The van der Waals surface area contributed by atoms with Gasteiger partial charge in [-0.3, -0.25) is 9.13 Å². The van der Waals surface area contributed by atoms with Crippen molar-refractivity contribution in [3.05, 3.63) is 22.7 Å². The minimum Gasteiger partial charge on any atom is -0.387 e. The van der Waals surface area contributed by atoms with Crippen molar-refractivity contribution in [2.75, 3.05) is 25.8 Å². The van der Waals surface area contributed by atoms with Crippen molar-refractivity contribution >= 4 is 25.0 Å². The number of aliphatic hydroxyl groups excluding tert-OH is 1. The van der Waals surface area contributed by atoms with Gasteiger partial charge in [-0.1, -0.05) is 0 Å². The second-order valence-electron chi connectivity index (χ2n) is 5.68. The average molecular weight is 418 g/mol. The zero-order chi connectivity index (χ0) is 19.7. The van der Waals surface area contributed by atoms with Gasteiger partial charge in [0.1, 0.15) is 17.5 Å². The Labute approximate surface area is 152 Å². The number of hydrogen-bond donors (Lipinski definition) is 2. The lowest BCUT2D eigenvalue weighted by atomic mass is 9.94. The monoisotopic (exact) mass is 417 g/mol. The lowest BCUT2D eigenvalue weighted by molar-refractivity contribution is -0.100. The van der Waals surface area contributed by atoms with Gasteiger partial charge in [-0.15, -0.1) is 11.6 Å². The minimum atomic E-state index is -4.17. The number of halogens is 3. The van der Waals surface area contributed by atoms with E-state index in [0.717, 1.165) is 25.0 Å². The number of nitrogen functional groups attached to an aromatic ring is 1. The van der Waals surface area contributed by atoms with Crippen molar-refractivity contribution in [2.24, 2.45) is 0 Å². The Morgan fingerprint density at radius 1 is 1.58 bits per heavy atom. The van der Waals surface area contributed by atoms with Crippen LogP contribution in [-0.2, 0) is 18.3 Å². The van der Waals surface area contributed by atoms with Crippen molar-refractivity contribution < 1.29 is 32.2 Å². The molecule has 0 aromatic carbocycles. The fraction of sp³-hybridized carbons (Fsp3) is 0.692. The quantitative estimate of drug-likeness (QED) is 0.500. The summed E-state index contributed by atoms with van der Waals surface area (Å²) in [6.07, 6.45) is -5.32. The van der Waals surface area contributed by atoms with E-state index in [9.17, 15) is 23.2 Å². The number of aromatic nitrogens is 2. The summed E-state index contributed by atoms with van der Waals surface area (Å²) in [6.45, 7) is 0. The van der Waals surface area contributed by atoms with E-state index in [1.54, 1.807) is 0 Å². The van der Waals surface area contributed by atoms with Crippen LogP contribution < -0.4 is 11.4 Å². The first-order valence-electron chi connectivity index (χ1n) is 7.40. The molecule has 1 aliphatic heterocycles. The number of nitrogens with zero attached hydrogens (tertiary/aromatic N) is 2. The molecule has 26 heavy (non-hydrogen) atoms. The van der Waals surface area contributed by atoms with Crippen molar-refractivity contribution in [2.45, 2.75) is 36.4 Å². The zero-order valence-electron chi connectivity index (χ0n) is 13.9. The highest BCUT2D eigenvalue weighted by Crippen LogP contribution is 2.56. The van der Waals surface area contributed by atoms with Crippen LogP contribution in [0.15, 0.2) is 17.1 Å². The molecule has 1 saturated heterocycles. The fourth-order valence-electron chi connectivity index (χ4n) is 2.69. The molecule has 2 unspecified atom stereocenters. The molecule has 3 N–H and O–H groups in total. The van der Waals surface area contributed by atoms with Crippen LogP contribution >= 0.6 is 19.2 Å². The van der Waals surface area contributed by atoms with Gasteiger partial charge in [-0.25, -0.2) is 13.6 Å². The highest BCUT2D eigenvalue weighted by molar-refractivity contribution is 7.54. The van der Waals surface area contributed by atoms with Gasteiger partial charge in [0, 0.05) is 26.8 Å². The number of nitrogens with two attached hydrogens (primary N) is 1. The Morgan fingerprint density at radius 2 is 2.19 bits per heavy atom. The Hall–Kier alpha value is -1.10. The van der Waals surface area contributed by atoms with Gasteiger partial charge in [0.25, 0.3) is 0 Å². The number of ether oxygens (including phenoxy) is 1. The first-order chi connectivity index (χ1) is 12.1. The van der Waals surface area contributed by atoms with Gasteiger partial charge in [-0.2, -0.15) is 4.98 Å². The molecule has 1 aromatic rings. The number of hydrogen-bond acceptors (Lipinski definition) is 8. The fourth-order valence-corrected chi connectivity index (χ4v) is 4.15. The first-order valence-corrected chi connectivity index (χ1v) is 9.54. The lowest BCUT2D eigenvalue weighted by Gasteiger charge is -2.32. The highest BCUT2D eigenvalue weighted by atomic mass is 35.5. The van der Waals surface area contributed by atoms with Crippen molar-refractivity contribution in [1.29, 1.82) is 0 Å². The average Bonchev–Trinajstić information content (AvgIpc) is 2.86. The predicted molar refractivity (Wildman–Crippen MR) is 88.5 cm³/mol. The molecule has 0 bridgehead atoms. The van der Waals surface area contributed by atoms with E-state index >= 15 is 0 Å². The van der Waals surface area contributed by atoms with Gasteiger partial charge < -0.3 is 24.6 Å². The van der Waals surface area contributed by atoms with E-state index < -0.39 is 55.6 Å². The number of alkyl halides is 3. The molecule has 1 fully saturated rings. The van der Waals surface area contributed by atoms with Crippen LogP contribution in [-0.4, -0.2) is 58.5 Å². The molecule has 0 spiro atoms. The van der Waals surface area contributed by atoms with Crippen LogP contribution in [0.4, 0.5) is 14.6 Å². The first kappa shape index (κ1) is 21.2. The molecule has 1 aliphatic rings. The summed E-state index contributed by atoms with van der Waals surface area (Å²) in [5.74, 6) is -2.89. The summed E-state index contributed by atoms with van der Waals surface area (Å²) in [5.41, 5.74) is 2.48. The third kappa shape index (κ3) is 3.64. The molecular weight excluding hydrogens is 399 g/mol. The molecule has 5 atom stereocenters. The zero-order valence-corrected chi connectivity index (χ0v) is 15.6. The van der Waals surface area contributed by atoms with Crippen LogP contribution in [0.25, 0.3) is 0 Å². The SMILES string of the molecule is COP(=O)(OC)C(F)C[C@@]1(CCl)OC(n2ccc(N)nc2=O)[C@H](F)[C@@H]1O. The van der Waals surface area contributed by atoms with E-state index in [1.807, 2.05) is 0 Å². The van der Waals surface area contributed by atoms with Crippen LogP contribution in [0.2, 0.25) is 0 Å². The highest BCUT2D eigenvalue weighted by Gasteiger charge is 2.58. The Balaban J connectivity index is 2.35. The van der Waals surface area contributed by atoms with Crippen molar-refractivity contribution in [1.82, 2.24) is 9.55 Å². The standard InChI is InChI=1S/C13H19ClF2N3O6P/c1-23-26(22,24-2)7(15)5-13(6-14)10(20)9(16)11(25-13)19-4-3-8(17)18-12(19)21/h3-4,7,9-11,20H,5-6H2,1-2H3,(H2,17,18,21)/t7?,9-,10+,11?,13+/m1/s1. The maximum atomic E-state index is 14.6. The Bertz CT molecular complexity index is 747. The van der Waals surface area contributed by atoms with E-state index in [-0.39, 0.29) is 5.82 Å². The third-order valence-corrected chi connectivity index (χ3v) is 6.53. The molecule has 0 amide bonds. The summed E-state index contributed by atoms with van der Waals surface area (Å²) in [4.78, 5) is 15.3. The smallest absolute Gasteiger partial charge is 0.364 e. The van der Waals surface area contributed by atoms with Crippen LogP contribution in [0.1, 0.15) is 12.6 Å². The maximum absolute atomic E-state index is 14.6. The topological polar surface area (TPSA) is 126 Å². The molecule has 2 rings (SSSR count). The number of anilines is 1. The van der Waals surface area contributed by atoms with E-state index in [4.69, 9.17) is 22.1 Å². The van der Waals surface area contributed by atoms with Crippen molar-refractivity contribution in [3.63, 3.8) is 0 Å². The second-order valence-corrected chi connectivity index (χ2v) is 8.32. The molecule has 0 saturated carbocycles. The van der Waals surface area contributed by atoms with Gasteiger partial charge in [0.2, 0.25) is 5.91 Å². The van der Waals surface area contributed by atoms with Gasteiger partial charge in [0.05, 0.1) is 5.88 Å². The van der Waals surface area contributed by atoms with Crippen LogP contribution in [0.3, 0.4) is 0 Å². The third-order valence-electron chi connectivity index (χ3n) is 4.19. The molecule has 1 aromatic heterocycles. The molecule has 2 heterocycles. The predicted octanol–water partition coefficient (Wildman–Crippen LogP) is 1.20. The summed E-state index contributed by atoms with van der Waals surface area (Å²) in [7, 11) is -2.21. The normalized spacial score (nSPS) is 30.5. The maximum Gasteiger partial charge on any atom is 0.364 e. The molecule has 148 valence electrons. The summed E-state index contributed by atoms with van der Waals surface area (Å²) in [6, 6.07) is 1.23. The molecule has 9 nitrogen and oxygen atoms in total. The molecule has 13 heteroatoms. The van der Waals surface area contributed by atoms with E-state index in [2.05, 4.69) is 14.0 Å². The Morgan fingerprint density at radius 3 is 2.69 bits per heavy atom. The molecule has 0 radical (unpaired) electrons. The van der Waals surface area contributed by atoms with Crippen LogP contribution in [0, 0.1) is 0 Å².